The summed E-state index contributed by atoms with van der Waals surface area (Å²) in [5, 5.41) is 11.8. The number of benzene rings is 2. The Morgan fingerprint density at radius 3 is 1.97 bits per heavy atom. The molecule has 0 aliphatic carbocycles. The van der Waals surface area contributed by atoms with Gasteiger partial charge >= 0.3 is 0 Å². The number of rotatable bonds is 15. The molecule has 34 heavy (non-hydrogen) atoms. The molecule has 0 fully saturated rings. The van der Waals surface area contributed by atoms with Crippen molar-refractivity contribution >= 4 is 11.6 Å². The summed E-state index contributed by atoms with van der Waals surface area (Å²) in [6.07, 6.45) is 9.31. The molecule has 0 aliphatic heterocycles. The van der Waals surface area contributed by atoms with Gasteiger partial charge in [0, 0.05) is 31.1 Å². The van der Waals surface area contributed by atoms with E-state index in [9.17, 15) is 14.9 Å². The SMILES string of the molecule is CCCCCCN(CCCCCC)C(=O)CC(C)c1cc(-c2ccc(C)cc2)ccc1[N+](=O)[O-]. The molecule has 2 aromatic rings. The predicted molar refractivity (Wildman–Crippen MR) is 141 cm³/mol. The van der Waals surface area contributed by atoms with E-state index in [-0.39, 0.29) is 22.4 Å². The van der Waals surface area contributed by atoms with Gasteiger partial charge in [-0.1, -0.05) is 89.1 Å². The number of amides is 1. The van der Waals surface area contributed by atoms with Gasteiger partial charge < -0.3 is 4.90 Å². The van der Waals surface area contributed by atoms with E-state index in [4.69, 9.17) is 0 Å². The van der Waals surface area contributed by atoms with Gasteiger partial charge in [-0.15, -0.1) is 0 Å². The molecule has 0 aliphatic rings. The molecule has 0 spiro atoms. The number of hydrogen-bond donors (Lipinski definition) is 0. The maximum Gasteiger partial charge on any atom is 0.272 e. The van der Waals surface area contributed by atoms with Gasteiger partial charge in [0.15, 0.2) is 0 Å². The normalized spacial score (nSPS) is 11.9. The number of unbranched alkanes of at least 4 members (excludes halogenated alkanes) is 6. The average molecular weight is 467 g/mol. The summed E-state index contributed by atoms with van der Waals surface area (Å²) in [4.78, 5) is 26.7. The number of nitro benzene ring substituents is 1. The van der Waals surface area contributed by atoms with Crippen molar-refractivity contribution in [2.75, 3.05) is 13.1 Å². The van der Waals surface area contributed by atoms with Crippen molar-refractivity contribution in [1.29, 1.82) is 0 Å². The molecule has 2 aromatic carbocycles. The maximum atomic E-state index is 13.3. The zero-order valence-corrected chi connectivity index (χ0v) is 21.5. The van der Waals surface area contributed by atoms with E-state index in [2.05, 4.69) is 13.8 Å². The largest absolute Gasteiger partial charge is 0.343 e. The fraction of sp³-hybridized carbons (Fsp3) is 0.552. The van der Waals surface area contributed by atoms with Crippen molar-refractivity contribution in [3.05, 3.63) is 63.7 Å². The van der Waals surface area contributed by atoms with Crippen LogP contribution in [0.3, 0.4) is 0 Å². The molecule has 186 valence electrons. The van der Waals surface area contributed by atoms with Crippen LogP contribution >= 0.6 is 0 Å². The highest BCUT2D eigenvalue weighted by Gasteiger charge is 2.24. The van der Waals surface area contributed by atoms with Crippen molar-refractivity contribution in [2.45, 2.75) is 91.4 Å². The monoisotopic (exact) mass is 466 g/mol. The van der Waals surface area contributed by atoms with Crippen molar-refractivity contribution in [2.24, 2.45) is 0 Å². The molecule has 0 N–H and O–H groups in total. The van der Waals surface area contributed by atoms with E-state index < -0.39 is 0 Å². The molecule has 1 unspecified atom stereocenters. The Kier molecular flexibility index (Phi) is 11.8. The van der Waals surface area contributed by atoms with Crippen LogP contribution in [0.25, 0.3) is 11.1 Å². The molecule has 0 aromatic heterocycles. The summed E-state index contributed by atoms with van der Waals surface area (Å²) in [6, 6.07) is 13.4. The smallest absolute Gasteiger partial charge is 0.272 e. The van der Waals surface area contributed by atoms with Crippen LogP contribution in [0.15, 0.2) is 42.5 Å². The van der Waals surface area contributed by atoms with E-state index in [1.807, 2.05) is 49.1 Å². The van der Waals surface area contributed by atoms with Crippen LogP contribution in [-0.4, -0.2) is 28.8 Å². The minimum atomic E-state index is -0.331. The Hall–Kier alpha value is -2.69. The van der Waals surface area contributed by atoms with Crippen LogP contribution in [0.4, 0.5) is 5.69 Å². The lowest BCUT2D eigenvalue weighted by Crippen LogP contribution is -2.33. The number of carbonyl (C=O) groups is 1. The molecule has 0 saturated heterocycles. The van der Waals surface area contributed by atoms with Crippen molar-refractivity contribution in [1.82, 2.24) is 4.90 Å². The van der Waals surface area contributed by atoms with Crippen LogP contribution < -0.4 is 0 Å². The predicted octanol–water partition coefficient (Wildman–Crippen LogP) is 8.05. The van der Waals surface area contributed by atoms with Crippen LogP contribution in [-0.2, 0) is 4.79 Å². The lowest BCUT2D eigenvalue weighted by atomic mass is 9.91. The molecule has 0 bridgehead atoms. The van der Waals surface area contributed by atoms with E-state index in [1.165, 1.54) is 31.2 Å². The summed E-state index contributed by atoms with van der Waals surface area (Å²) >= 11 is 0. The molecule has 2 rings (SSSR count). The summed E-state index contributed by atoms with van der Waals surface area (Å²) in [5.74, 6) is -0.123. The van der Waals surface area contributed by atoms with Gasteiger partial charge in [-0.25, -0.2) is 0 Å². The van der Waals surface area contributed by atoms with Gasteiger partial charge in [0.1, 0.15) is 0 Å². The Bertz CT molecular complexity index is 896. The average Bonchev–Trinajstić information content (AvgIpc) is 2.83. The Labute approximate surface area is 205 Å². The van der Waals surface area contributed by atoms with Gasteiger partial charge in [-0.2, -0.15) is 0 Å². The molecule has 1 atom stereocenters. The number of carbonyl (C=O) groups excluding carboxylic acids is 1. The van der Waals surface area contributed by atoms with Gasteiger partial charge in [0.25, 0.3) is 5.69 Å². The lowest BCUT2D eigenvalue weighted by molar-refractivity contribution is -0.385. The third-order valence-electron chi connectivity index (χ3n) is 6.54. The first-order valence-corrected chi connectivity index (χ1v) is 13.0. The summed E-state index contributed by atoms with van der Waals surface area (Å²) in [7, 11) is 0. The van der Waals surface area contributed by atoms with Crippen LogP contribution in [0.1, 0.15) is 95.6 Å². The first-order valence-electron chi connectivity index (χ1n) is 13.0. The summed E-state index contributed by atoms with van der Waals surface area (Å²) < 4.78 is 0. The zero-order chi connectivity index (χ0) is 24.9. The third kappa shape index (κ3) is 8.58. The topological polar surface area (TPSA) is 63.5 Å². The highest BCUT2D eigenvalue weighted by Crippen LogP contribution is 2.33. The Balaban J connectivity index is 2.18. The van der Waals surface area contributed by atoms with Gasteiger partial charge in [0.2, 0.25) is 5.91 Å². The molecular weight excluding hydrogens is 424 g/mol. The number of nitro groups is 1. The molecule has 5 heteroatoms. The summed E-state index contributed by atoms with van der Waals surface area (Å²) in [6.45, 7) is 9.91. The minimum Gasteiger partial charge on any atom is -0.343 e. The molecule has 0 heterocycles. The van der Waals surface area contributed by atoms with Crippen LogP contribution in [0.5, 0.6) is 0 Å². The van der Waals surface area contributed by atoms with Gasteiger partial charge in [0.05, 0.1) is 4.92 Å². The Morgan fingerprint density at radius 2 is 1.44 bits per heavy atom. The van der Waals surface area contributed by atoms with E-state index >= 15 is 0 Å². The molecule has 5 nitrogen and oxygen atoms in total. The minimum absolute atomic E-state index is 0.0913. The van der Waals surface area contributed by atoms with Crippen LogP contribution in [0.2, 0.25) is 0 Å². The fourth-order valence-corrected chi connectivity index (χ4v) is 4.36. The number of aryl methyl sites for hydroxylation is 1. The molecule has 1 amide bonds. The third-order valence-corrected chi connectivity index (χ3v) is 6.54. The molecule has 0 radical (unpaired) electrons. The quantitative estimate of drug-likeness (QED) is 0.151. The second-order valence-electron chi connectivity index (χ2n) is 9.50. The highest BCUT2D eigenvalue weighted by molar-refractivity contribution is 5.77. The van der Waals surface area contributed by atoms with Crippen molar-refractivity contribution in [3.63, 3.8) is 0 Å². The number of hydrogen-bond acceptors (Lipinski definition) is 3. The van der Waals surface area contributed by atoms with Crippen molar-refractivity contribution < 1.29 is 9.72 Å². The lowest BCUT2D eigenvalue weighted by Gasteiger charge is -2.25. The van der Waals surface area contributed by atoms with E-state index in [1.54, 1.807) is 12.1 Å². The van der Waals surface area contributed by atoms with E-state index in [0.29, 0.717) is 12.0 Å². The molecule has 0 saturated carbocycles. The van der Waals surface area contributed by atoms with Gasteiger partial charge in [-0.3, -0.25) is 14.9 Å². The molecular formula is C29H42N2O3. The summed E-state index contributed by atoms with van der Waals surface area (Å²) in [5.41, 5.74) is 3.86. The maximum absolute atomic E-state index is 13.3. The number of nitrogens with zero attached hydrogens (tertiary/aromatic N) is 2. The first kappa shape index (κ1) is 27.6. The Morgan fingerprint density at radius 1 is 0.882 bits per heavy atom. The highest BCUT2D eigenvalue weighted by atomic mass is 16.6. The standard InChI is InChI=1S/C29H42N2O3/c1-5-7-9-11-19-30(20-12-10-8-6-2)29(32)21-24(4)27-22-26(17-18-28(27)31(33)34)25-15-13-23(3)14-16-25/h13-18,22,24H,5-12,19-21H2,1-4H3. The zero-order valence-electron chi connectivity index (χ0n) is 21.5. The van der Waals surface area contributed by atoms with Crippen LogP contribution in [0, 0.1) is 17.0 Å². The fourth-order valence-electron chi connectivity index (χ4n) is 4.36. The van der Waals surface area contributed by atoms with E-state index in [0.717, 1.165) is 49.9 Å². The second-order valence-corrected chi connectivity index (χ2v) is 9.50. The first-order chi connectivity index (χ1) is 16.4. The van der Waals surface area contributed by atoms with Crippen molar-refractivity contribution in [3.8, 4) is 11.1 Å². The second kappa shape index (κ2) is 14.5. The van der Waals surface area contributed by atoms with Gasteiger partial charge in [-0.05, 0) is 48.9 Å².